The van der Waals surface area contributed by atoms with Gasteiger partial charge in [-0.15, -0.1) is 11.3 Å². The third-order valence-electron chi connectivity index (χ3n) is 1.46. The summed E-state index contributed by atoms with van der Waals surface area (Å²) in [5.74, 6) is 0. The molecule has 0 aliphatic rings. The van der Waals surface area contributed by atoms with Crippen LogP contribution in [0.25, 0.3) is 0 Å². The Bertz CT molecular complexity index is 249. The van der Waals surface area contributed by atoms with Crippen LogP contribution in [0.15, 0.2) is 5.38 Å². The highest BCUT2D eigenvalue weighted by atomic mass is 35.5. The standard InChI is InChI=1S/C7H10ClNOS/c1-4-3-11-7(6(4)8)5(9)2-10/h3,5,10H,2,9H2,1H3/t5-/m0/s1. The van der Waals surface area contributed by atoms with Crippen LogP contribution in [0.3, 0.4) is 0 Å². The third kappa shape index (κ3) is 1.73. The minimum atomic E-state index is -0.332. The van der Waals surface area contributed by atoms with E-state index in [2.05, 4.69) is 0 Å². The van der Waals surface area contributed by atoms with E-state index in [9.17, 15) is 0 Å². The molecule has 0 unspecified atom stereocenters. The molecule has 0 bridgehead atoms. The molecule has 1 aromatic heterocycles. The van der Waals surface area contributed by atoms with Gasteiger partial charge in [-0.3, -0.25) is 0 Å². The quantitative estimate of drug-likeness (QED) is 0.748. The maximum atomic E-state index is 8.74. The number of aryl methyl sites for hydroxylation is 1. The molecule has 3 N–H and O–H groups in total. The molecule has 0 saturated heterocycles. The van der Waals surface area contributed by atoms with Crippen LogP contribution < -0.4 is 5.73 Å². The van der Waals surface area contributed by atoms with Crippen LogP contribution in [0.1, 0.15) is 16.5 Å². The first kappa shape index (κ1) is 9.00. The van der Waals surface area contributed by atoms with Gasteiger partial charge >= 0.3 is 0 Å². The molecule has 0 aliphatic heterocycles. The summed E-state index contributed by atoms with van der Waals surface area (Å²) in [4.78, 5) is 0.867. The second-order valence-electron chi connectivity index (χ2n) is 2.39. The van der Waals surface area contributed by atoms with Crippen LogP contribution in [-0.2, 0) is 0 Å². The molecule has 0 aromatic carbocycles. The molecular formula is C7H10ClNOS. The fraction of sp³-hybridized carbons (Fsp3) is 0.429. The van der Waals surface area contributed by atoms with Crippen molar-refractivity contribution in [1.29, 1.82) is 0 Å². The number of aliphatic hydroxyl groups is 1. The predicted octanol–water partition coefficient (Wildman–Crippen LogP) is 1.70. The van der Waals surface area contributed by atoms with Gasteiger partial charge in [0.15, 0.2) is 0 Å². The normalized spacial score (nSPS) is 13.5. The molecule has 62 valence electrons. The lowest BCUT2D eigenvalue weighted by Gasteiger charge is -2.04. The zero-order valence-corrected chi connectivity index (χ0v) is 7.75. The van der Waals surface area contributed by atoms with Crippen LogP contribution in [-0.4, -0.2) is 11.7 Å². The monoisotopic (exact) mass is 191 g/mol. The second-order valence-corrected chi connectivity index (χ2v) is 3.68. The Kier molecular flexibility index (Phi) is 2.90. The molecule has 0 saturated carbocycles. The van der Waals surface area contributed by atoms with Gasteiger partial charge in [0.1, 0.15) is 0 Å². The zero-order valence-electron chi connectivity index (χ0n) is 6.17. The lowest BCUT2D eigenvalue weighted by molar-refractivity contribution is 0.269. The van der Waals surface area contributed by atoms with Crippen molar-refractivity contribution in [2.45, 2.75) is 13.0 Å². The Hall–Kier alpha value is -0.0900. The van der Waals surface area contributed by atoms with Crippen molar-refractivity contribution in [3.05, 3.63) is 20.8 Å². The molecule has 1 aromatic rings. The molecule has 0 aliphatic carbocycles. The number of nitrogens with two attached hydrogens (primary N) is 1. The highest BCUT2D eigenvalue weighted by Gasteiger charge is 2.12. The van der Waals surface area contributed by atoms with Crippen molar-refractivity contribution in [3.63, 3.8) is 0 Å². The molecule has 11 heavy (non-hydrogen) atoms. The van der Waals surface area contributed by atoms with Gasteiger partial charge in [0.25, 0.3) is 0 Å². The summed E-state index contributed by atoms with van der Waals surface area (Å²) < 4.78 is 0. The Morgan fingerprint density at radius 2 is 2.45 bits per heavy atom. The van der Waals surface area contributed by atoms with Crippen LogP contribution in [0.5, 0.6) is 0 Å². The van der Waals surface area contributed by atoms with E-state index in [0.29, 0.717) is 5.02 Å². The highest BCUT2D eigenvalue weighted by molar-refractivity contribution is 7.10. The fourth-order valence-corrected chi connectivity index (χ4v) is 2.11. The fourth-order valence-electron chi connectivity index (χ4n) is 0.783. The average Bonchev–Trinajstić information content (AvgIpc) is 2.32. The van der Waals surface area contributed by atoms with Crippen LogP contribution in [0.2, 0.25) is 5.02 Å². The van der Waals surface area contributed by atoms with E-state index in [4.69, 9.17) is 22.4 Å². The van der Waals surface area contributed by atoms with Gasteiger partial charge in [-0.05, 0) is 17.9 Å². The summed E-state index contributed by atoms with van der Waals surface area (Å²) in [7, 11) is 0. The molecule has 0 amide bonds. The first-order chi connectivity index (χ1) is 5.16. The van der Waals surface area contributed by atoms with Gasteiger partial charge in [-0.25, -0.2) is 0 Å². The van der Waals surface area contributed by atoms with Crippen molar-refractivity contribution >= 4 is 22.9 Å². The van der Waals surface area contributed by atoms with E-state index in [1.54, 1.807) is 0 Å². The molecule has 4 heteroatoms. The molecular weight excluding hydrogens is 182 g/mol. The SMILES string of the molecule is Cc1csc([C@@H](N)CO)c1Cl. The molecule has 0 spiro atoms. The third-order valence-corrected chi connectivity index (χ3v) is 3.30. The van der Waals surface area contributed by atoms with Crippen molar-refractivity contribution in [1.82, 2.24) is 0 Å². The Balaban J connectivity index is 2.94. The number of thiophene rings is 1. The lowest BCUT2D eigenvalue weighted by Crippen LogP contribution is -2.13. The van der Waals surface area contributed by atoms with Gasteiger partial charge in [-0.1, -0.05) is 11.6 Å². The van der Waals surface area contributed by atoms with Crippen molar-refractivity contribution in [2.75, 3.05) is 6.61 Å². The average molecular weight is 192 g/mol. The van der Waals surface area contributed by atoms with Gasteiger partial charge in [0.05, 0.1) is 17.7 Å². The Morgan fingerprint density at radius 1 is 1.82 bits per heavy atom. The minimum absolute atomic E-state index is 0.0559. The Morgan fingerprint density at radius 3 is 2.82 bits per heavy atom. The van der Waals surface area contributed by atoms with Gasteiger partial charge < -0.3 is 10.8 Å². The van der Waals surface area contributed by atoms with Gasteiger partial charge in [-0.2, -0.15) is 0 Å². The summed E-state index contributed by atoms with van der Waals surface area (Å²) in [6.07, 6.45) is 0. The number of hydrogen-bond acceptors (Lipinski definition) is 3. The smallest absolute Gasteiger partial charge is 0.0639 e. The highest BCUT2D eigenvalue weighted by Crippen LogP contribution is 2.30. The van der Waals surface area contributed by atoms with E-state index in [1.807, 2.05) is 12.3 Å². The van der Waals surface area contributed by atoms with Crippen molar-refractivity contribution < 1.29 is 5.11 Å². The first-order valence-electron chi connectivity index (χ1n) is 3.26. The maximum Gasteiger partial charge on any atom is 0.0639 e. The molecule has 2 nitrogen and oxygen atoms in total. The Labute approximate surface area is 74.6 Å². The first-order valence-corrected chi connectivity index (χ1v) is 4.52. The van der Waals surface area contributed by atoms with Gasteiger partial charge in [0.2, 0.25) is 0 Å². The van der Waals surface area contributed by atoms with Crippen molar-refractivity contribution in [2.24, 2.45) is 5.73 Å². The minimum Gasteiger partial charge on any atom is -0.394 e. The van der Waals surface area contributed by atoms with Crippen LogP contribution >= 0.6 is 22.9 Å². The molecule has 0 radical (unpaired) electrons. The number of rotatable bonds is 2. The second kappa shape index (κ2) is 3.54. The number of hydrogen-bond donors (Lipinski definition) is 2. The van der Waals surface area contributed by atoms with Crippen LogP contribution in [0, 0.1) is 6.92 Å². The summed E-state index contributed by atoms with van der Waals surface area (Å²) >= 11 is 7.39. The topological polar surface area (TPSA) is 46.2 Å². The molecule has 0 fully saturated rings. The predicted molar refractivity (Wildman–Crippen MR) is 48.1 cm³/mol. The summed E-state index contributed by atoms with van der Waals surface area (Å²) in [6, 6.07) is -0.332. The number of halogens is 1. The molecule has 1 heterocycles. The summed E-state index contributed by atoms with van der Waals surface area (Å²) in [6.45, 7) is 1.87. The summed E-state index contributed by atoms with van der Waals surface area (Å²) in [5, 5.41) is 11.4. The van der Waals surface area contributed by atoms with Crippen LogP contribution in [0.4, 0.5) is 0 Å². The lowest BCUT2D eigenvalue weighted by atomic mass is 10.2. The van der Waals surface area contributed by atoms with Crippen molar-refractivity contribution in [3.8, 4) is 0 Å². The maximum absolute atomic E-state index is 8.74. The largest absolute Gasteiger partial charge is 0.394 e. The number of aliphatic hydroxyl groups excluding tert-OH is 1. The van der Waals surface area contributed by atoms with E-state index in [-0.39, 0.29) is 12.6 Å². The zero-order chi connectivity index (χ0) is 8.43. The van der Waals surface area contributed by atoms with E-state index in [0.717, 1.165) is 10.4 Å². The molecule has 1 atom stereocenters. The van der Waals surface area contributed by atoms with Gasteiger partial charge in [0, 0.05) is 4.88 Å². The summed E-state index contributed by atoms with van der Waals surface area (Å²) in [5.41, 5.74) is 6.61. The van der Waals surface area contributed by atoms with E-state index < -0.39 is 0 Å². The van der Waals surface area contributed by atoms with E-state index >= 15 is 0 Å². The molecule has 1 rings (SSSR count). The van der Waals surface area contributed by atoms with E-state index in [1.165, 1.54) is 11.3 Å².